The molecule has 3 rings (SSSR count). The van der Waals surface area contributed by atoms with Gasteiger partial charge in [0.15, 0.2) is 5.96 Å². The third kappa shape index (κ3) is 2.69. The highest BCUT2D eigenvalue weighted by atomic mass is 15.4. The molecule has 1 aliphatic carbocycles. The van der Waals surface area contributed by atoms with Gasteiger partial charge in [-0.1, -0.05) is 13.8 Å². The molecular weight excluding hydrogens is 252 g/mol. The zero-order chi connectivity index (χ0) is 14.2. The number of piperazine rings is 1. The summed E-state index contributed by atoms with van der Waals surface area (Å²) < 4.78 is 0. The number of aliphatic imine (C=N–C) groups is 1. The van der Waals surface area contributed by atoms with Gasteiger partial charge in [-0.3, -0.25) is 0 Å². The second kappa shape index (κ2) is 4.92. The first kappa shape index (κ1) is 13.1. The Bertz CT molecular complexity index is 490. The summed E-state index contributed by atoms with van der Waals surface area (Å²) in [6, 6.07) is 2.24. The van der Waals surface area contributed by atoms with Crippen molar-refractivity contribution >= 4 is 11.9 Å². The lowest BCUT2D eigenvalue weighted by atomic mass is 10.2. The van der Waals surface area contributed by atoms with Crippen LogP contribution in [0.3, 0.4) is 0 Å². The smallest absolute Gasteiger partial charge is 0.225 e. The molecule has 0 radical (unpaired) electrons. The van der Waals surface area contributed by atoms with Gasteiger partial charge in [0, 0.05) is 38.6 Å². The number of guanidine groups is 1. The third-order valence-electron chi connectivity index (χ3n) is 4.19. The van der Waals surface area contributed by atoms with Crippen LogP contribution in [0.4, 0.5) is 5.95 Å². The molecule has 1 aromatic heterocycles. The van der Waals surface area contributed by atoms with Crippen LogP contribution in [0.2, 0.25) is 0 Å². The van der Waals surface area contributed by atoms with Crippen molar-refractivity contribution in [3.05, 3.63) is 18.5 Å². The highest BCUT2D eigenvalue weighted by molar-refractivity contribution is 5.78. The van der Waals surface area contributed by atoms with Gasteiger partial charge in [-0.15, -0.1) is 0 Å². The van der Waals surface area contributed by atoms with E-state index in [1.807, 2.05) is 6.07 Å². The van der Waals surface area contributed by atoms with E-state index in [1.54, 1.807) is 12.4 Å². The zero-order valence-electron chi connectivity index (χ0n) is 12.2. The molecule has 1 aromatic rings. The van der Waals surface area contributed by atoms with E-state index < -0.39 is 0 Å². The van der Waals surface area contributed by atoms with Gasteiger partial charge in [-0.25, -0.2) is 15.0 Å². The van der Waals surface area contributed by atoms with E-state index in [4.69, 9.17) is 5.73 Å². The molecule has 2 fully saturated rings. The van der Waals surface area contributed by atoms with Crippen LogP contribution in [-0.4, -0.2) is 53.0 Å². The summed E-state index contributed by atoms with van der Waals surface area (Å²) in [7, 11) is 0. The van der Waals surface area contributed by atoms with Crippen LogP contribution in [0.25, 0.3) is 0 Å². The molecule has 2 aliphatic rings. The maximum absolute atomic E-state index is 6.12. The summed E-state index contributed by atoms with van der Waals surface area (Å²) in [5.41, 5.74) is 6.46. The summed E-state index contributed by atoms with van der Waals surface area (Å²) in [6.07, 6.45) is 4.70. The van der Waals surface area contributed by atoms with E-state index >= 15 is 0 Å². The van der Waals surface area contributed by atoms with E-state index in [9.17, 15) is 0 Å². The van der Waals surface area contributed by atoms with Gasteiger partial charge in [0.25, 0.3) is 0 Å². The van der Waals surface area contributed by atoms with Crippen LogP contribution in [-0.2, 0) is 0 Å². The maximum Gasteiger partial charge on any atom is 0.225 e. The Hall–Kier alpha value is -1.85. The summed E-state index contributed by atoms with van der Waals surface area (Å²) in [6.45, 7) is 7.99. The monoisotopic (exact) mass is 274 g/mol. The zero-order valence-corrected chi connectivity index (χ0v) is 12.2. The molecule has 2 heterocycles. The number of nitrogens with zero attached hydrogens (tertiary/aromatic N) is 5. The van der Waals surface area contributed by atoms with Gasteiger partial charge in [-0.05, 0) is 17.9 Å². The number of hydrogen-bond acceptors (Lipinski definition) is 4. The molecule has 2 N–H and O–H groups in total. The van der Waals surface area contributed by atoms with Crippen molar-refractivity contribution in [3.8, 4) is 0 Å². The molecule has 0 amide bonds. The van der Waals surface area contributed by atoms with Crippen LogP contribution in [0.1, 0.15) is 20.3 Å². The minimum absolute atomic E-state index is 0.338. The lowest BCUT2D eigenvalue weighted by Crippen LogP contribution is -2.51. The molecule has 1 aliphatic heterocycles. The second-order valence-corrected chi connectivity index (χ2v) is 6.22. The molecular formula is C14H22N6. The topological polar surface area (TPSA) is 70.6 Å². The van der Waals surface area contributed by atoms with Crippen LogP contribution in [0.15, 0.2) is 23.5 Å². The van der Waals surface area contributed by atoms with Crippen molar-refractivity contribution in [1.82, 2.24) is 14.9 Å². The molecule has 0 aromatic carbocycles. The number of rotatable bonds is 2. The standard InChI is InChI=1S/C14H22N6/c1-14(2)10-11(14)18-12(15)19-6-8-20(9-7-19)13-16-4-3-5-17-13/h3-5,11H,6-10H2,1-2H3,(H2,15,18)/t11-/m0/s1. The fourth-order valence-electron chi connectivity index (χ4n) is 2.49. The molecule has 0 unspecified atom stereocenters. The van der Waals surface area contributed by atoms with Gasteiger partial charge in [0.2, 0.25) is 5.95 Å². The van der Waals surface area contributed by atoms with E-state index in [0.717, 1.165) is 38.5 Å². The molecule has 0 spiro atoms. The van der Waals surface area contributed by atoms with E-state index in [2.05, 4.69) is 38.6 Å². The normalized spacial score (nSPS) is 25.7. The molecule has 108 valence electrons. The van der Waals surface area contributed by atoms with Crippen molar-refractivity contribution in [2.24, 2.45) is 16.1 Å². The first-order valence-corrected chi connectivity index (χ1v) is 7.16. The minimum Gasteiger partial charge on any atom is -0.370 e. The fourth-order valence-corrected chi connectivity index (χ4v) is 2.49. The van der Waals surface area contributed by atoms with E-state index in [0.29, 0.717) is 17.4 Å². The molecule has 0 bridgehead atoms. The molecule has 6 nitrogen and oxygen atoms in total. The lowest BCUT2D eigenvalue weighted by molar-refractivity contribution is 0.377. The molecule has 20 heavy (non-hydrogen) atoms. The van der Waals surface area contributed by atoms with Crippen molar-refractivity contribution in [3.63, 3.8) is 0 Å². The lowest BCUT2D eigenvalue weighted by Gasteiger charge is -2.35. The Morgan fingerprint density at radius 3 is 2.40 bits per heavy atom. The number of nitrogens with two attached hydrogens (primary N) is 1. The van der Waals surface area contributed by atoms with Crippen molar-refractivity contribution in [2.45, 2.75) is 26.3 Å². The SMILES string of the molecule is CC1(C)C[C@@H]1N=C(N)N1CCN(c2ncccn2)CC1. The van der Waals surface area contributed by atoms with E-state index in [1.165, 1.54) is 0 Å². The Morgan fingerprint density at radius 1 is 1.25 bits per heavy atom. The fraction of sp³-hybridized carbons (Fsp3) is 0.643. The van der Waals surface area contributed by atoms with Crippen LogP contribution >= 0.6 is 0 Å². The largest absolute Gasteiger partial charge is 0.370 e. The van der Waals surface area contributed by atoms with Gasteiger partial charge in [0.05, 0.1) is 6.04 Å². The van der Waals surface area contributed by atoms with Crippen LogP contribution < -0.4 is 10.6 Å². The van der Waals surface area contributed by atoms with Crippen molar-refractivity contribution in [2.75, 3.05) is 31.1 Å². The van der Waals surface area contributed by atoms with Gasteiger partial charge in [-0.2, -0.15) is 0 Å². The Balaban J connectivity index is 1.56. The first-order valence-electron chi connectivity index (χ1n) is 7.16. The number of hydrogen-bond donors (Lipinski definition) is 1. The van der Waals surface area contributed by atoms with Crippen LogP contribution in [0.5, 0.6) is 0 Å². The highest BCUT2D eigenvalue weighted by Crippen LogP contribution is 2.47. The summed E-state index contributed by atoms with van der Waals surface area (Å²) in [5.74, 6) is 1.49. The van der Waals surface area contributed by atoms with Gasteiger partial charge in [0.1, 0.15) is 0 Å². The van der Waals surface area contributed by atoms with Crippen molar-refractivity contribution < 1.29 is 0 Å². The Kier molecular flexibility index (Phi) is 3.23. The maximum atomic E-state index is 6.12. The first-order chi connectivity index (χ1) is 9.56. The molecule has 6 heteroatoms. The quantitative estimate of drug-likeness (QED) is 0.635. The predicted molar refractivity (Wildman–Crippen MR) is 79.6 cm³/mol. The Labute approximate surface area is 119 Å². The minimum atomic E-state index is 0.338. The Morgan fingerprint density at radius 2 is 1.85 bits per heavy atom. The molecule has 1 saturated heterocycles. The predicted octanol–water partition coefficient (Wildman–Crippen LogP) is 0.712. The van der Waals surface area contributed by atoms with E-state index in [-0.39, 0.29) is 0 Å². The average Bonchev–Trinajstić information content (AvgIpc) is 3.06. The van der Waals surface area contributed by atoms with Crippen molar-refractivity contribution in [1.29, 1.82) is 0 Å². The summed E-state index contributed by atoms with van der Waals surface area (Å²) in [4.78, 5) is 17.5. The molecule has 1 saturated carbocycles. The third-order valence-corrected chi connectivity index (χ3v) is 4.19. The summed E-state index contributed by atoms with van der Waals surface area (Å²) >= 11 is 0. The average molecular weight is 274 g/mol. The number of anilines is 1. The second-order valence-electron chi connectivity index (χ2n) is 6.22. The molecule has 1 atom stereocenters. The van der Waals surface area contributed by atoms with Gasteiger partial charge < -0.3 is 15.5 Å². The highest BCUT2D eigenvalue weighted by Gasteiger charge is 2.46. The summed E-state index contributed by atoms with van der Waals surface area (Å²) in [5, 5.41) is 0. The van der Waals surface area contributed by atoms with Gasteiger partial charge >= 0.3 is 0 Å². The number of aromatic nitrogens is 2. The van der Waals surface area contributed by atoms with Crippen LogP contribution in [0, 0.1) is 5.41 Å².